The number of hydrogen-bond acceptors (Lipinski definition) is 5. The van der Waals surface area contributed by atoms with Crippen molar-refractivity contribution in [2.75, 3.05) is 31.6 Å². The van der Waals surface area contributed by atoms with Gasteiger partial charge >= 0.3 is 0 Å². The molecule has 1 aromatic heterocycles. The first-order valence-electron chi connectivity index (χ1n) is 5.51. The Morgan fingerprint density at radius 3 is 3.00 bits per heavy atom. The zero-order chi connectivity index (χ0) is 12.5. The lowest BCUT2D eigenvalue weighted by Gasteiger charge is -2.07. The van der Waals surface area contributed by atoms with Crippen molar-refractivity contribution in [3.05, 3.63) is 24.0 Å². The van der Waals surface area contributed by atoms with Crippen molar-refractivity contribution < 1.29 is 9.53 Å². The number of carbonyl (C=O) groups excluding carboxylic acids is 1. The van der Waals surface area contributed by atoms with Gasteiger partial charge in [-0.2, -0.15) is 0 Å². The topological polar surface area (TPSA) is 103 Å². The van der Waals surface area contributed by atoms with E-state index in [1.807, 2.05) is 0 Å². The van der Waals surface area contributed by atoms with Crippen LogP contribution in [0, 0.1) is 0 Å². The predicted molar refractivity (Wildman–Crippen MR) is 65.7 cm³/mol. The van der Waals surface area contributed by atoms with Crippen molar-refractivity contribution >= 4 is 11.6 Å². The minimum atomic E-state index is -0.528. The number of hydrogen-bond donors (Lipinski definition) is 3. The first-order chi connectivity index (χ1) is 8.24. The number of carbonyl (C=O) groups is 1. The molecule has 6 heteroatoms. The number of nitrogens with zero attached hydrogens (tertiary/aromatic N) is 1. The first-order valence-corrected chi connectivity index (χ1v) is 5.51. The van der Waals surface area contributed by atoms with Crippen LogP contribution in [-0.2, 0) is 4.74 Å². The van der Waals surface area contributed by atoms with Gasteiger partial charge in [0.25, 0.3) is 5.91 Å². The summed E-state index contributed by atoms with van der Waals surface area (Å²) in [4.78, 5) is 14.8. The molecule has 0 aliphatic rings. The molecule has 0 aromatic carbocycles. The van der Waals surface area contributed by atoms with Crippen LogP contribution in [0.2, 0.25) is 0 Å². The van der Waals surface area contributed by atoms with E-state index in [0.717, 1.165) is 18.7 Å². The maximum atomic E-state index is 10.9. The fraction of sp³-hybridized carbons (Fsp3) is 0.455. The van der Waals surface area contributed by atoms with Crippen molar-refractivity contribution in [1.29, 1.82) is 0 Å². The van der Waals surface area contributed by atoms with Crippen LogP contribution >= 0.6 is 0 Å². The highest BCUT2D eigenvalue weighted by atomic mass is 16.5. The van der Waals surface area contributed by atoms with Gasteiger partial charge in [0.15, 0.2) is 0 Å². The average Bonchev–Trinajstić information content (AvgIpc) is 2.34. The van der Waals surface area contributed by atoms with E-state index in [-0.39, 0.29) is 5.69 Å². The molecule has 0 spiro atoms. The van der Waals surface area contributed by atoms with Gasteiger partial charge in [-0.15, -0.1) is 0 Å². The highest BCUT2D eigenvalue weighted by Crippen LogP contribution is 2.07. The Bertz CT molecular complexity index is 357. The molecule has 0 aliphatic heterocycles. The van der Waals surface area contributed by atoms with Gasteiger partial charge in [0.1, 0.15) is 5.69 Å². The Labute approximate surface area is 100 Å². The maximum absolute atomic E-state index is 10.9. The van der Waals surface area contributed by atoms with Crippen LogP contribution in [0.3, 0.4) is 0 Å². The molecule has 0 unspecified atom stereocenters. The quantitative estimate of drug-likeness (QED) is 0.551. The molecule has 1 aromatic rings. The first kappa shape index (κ1) is 13.4. The predicted octanol–water partition coefficient (Wildman–Crippen LogP) is -0.0422. The summed E-state index contributed by atoms with van der Waals surface area (Å²) in [6.07, 6.45) is 2.42. The molecule has 1 rings (SSSR count). The Morgan fingerprint density at radius 1 is 1.47 bits per heavy atom. The SMILES string of the molecule is NCCOCCCNc1ccnc(C(N)=O)c1. The highest BCUT2D eigenvalue weighted by molar-refractivity contribution is 5.91. The molecule has 0 radical (unpaired) electrons. The summed E-state index contributed by atoms with van der Waals surface area (Å²) in [5.41, 5.74) is 11.5. The van der Waals surface area contributed by atoms with Gasteiger partial charge in [-0.25, -0.2) is 0 Å². The van der Waals surface area contributed by atoms with Crippen molar-refractivity contribution in [1.82, 2.24) is 4.98 Å². The summed E-state index contributed by atoms with van der Waals surface area (Å²) in [6, 6.07) is 3.41. The highest BCUT2D eigenvalue weighted by Gasteiger charge is 2.02. The van der Waals surface area contributed by atoms with E-state index in [2.05, 4.69) is 10.3 Å². The van der Waals surface area contributed by atoms with Crippen molar-refractivity contribution in [3.8, 4) is 0 Å². The molecule has 0 saturated heterocycles. The monoisotopic (exact) mass is 238 g/mol. The van der Waals surface area contributed by atoms with Crippen molar-refractivity contribution in [3.63, 3.8) is 0 Å². The Kier molecular flexibility index (Phi) is 5.98. The third kappa shape index (κ3) is 5.28. The van der Waals surface area contributed by atoms with E-state index in [1.54, 1.807) is 18.3 Å². The molecule has 0 saturated carbocycles. The van der Waals surface area contributed by atoms with E-state index in [4.69, 9.17) is 16.2 Å². The largest absolute Gasteiger partial charge is 0.385 e. The Morgan fingerprint density at radius 2 is 2.29 bits per heavy atom. The number of nitrogens with one attached hydrogen (secondary N) is 1. The zero-order valence-corrected chi connectivity index (χ0v) is 9.69. The number of anilines is 1. The van der Waals surface area contributed by atoms with Crippen LogP contribution in [0.4, 0.5) is 5.69 Å². The van der Waals surface area contributed by atoms with E-state index >= 15 is 0 Å². The van der Waals surface area contributed by atoms with Gasteiger partial charge in [0.2, 0.25) is 0 Å². The number of nitrogens with two attached hydrogens (primary N) is 2. The Balaban J connectivity index is 2.27. The molecule has 0 fully saturated rings. The number of rotatable bonds is 8. The van der Waals surface area contributed by atoms with Crippen LogP contribution in [0.15, 0.2) is 18.3 Å². The maximum Gasteiger partial charge on any atom is 0.267 e. The minimum Gasteiger partial charge on any atom is -0.385 e. The molecular weight excluding hydrogens is 220 g/mol. The van der Waals surface area contributed by atoms with Crippen LogP contribution in [0.1, 0.15) is 16.9 Å². The molecule has 94 valence electrons. The molecular formula is C11H18N4O2. The number of aromatic nitrogens is 1. The molecule has 5 N–H and O–H groups in total. The molecule has 0 aliphatic carbocycles. The second kappa shape index (κ2) is 7.59. The van der Waals surface area contributed by atoms with Gasteiger partial charge in [0.05, 0.1) is 6.61 Å². The van der Waals surface area contributed by atoms with Gasteiger partial charge in [0, 0.05) is 31.6 Å². The molecule has 0 bridgehead atoms. The van der Waals surface area contributed by atoms with Crippen molar-refractivity contribution in [2.45, 2.75) is 6.42 Å². The lowest BCUT2D eigenvalue weighted by atomic mass is 10.3. The van der Waals surface area contributed by atoms with Gasteiger partial charge in [-0.1, -0.05) is 0 Å². The molecule has 0 atom stereocenters. The standard InChI is InChI=1S/C11H18N4O2/c12-3-7-17-6-1-4-14-9-2-5-15-10(8-9)11(13)16/h2,5,8H,1,3-4,6-7,12H2,(H2,13,16)(H,14,15). The van der Waals surface area contributed by atoms with E-state index < -0.39 is 5.91 Å². The summed E-state index contributed by atoms with van der Waals surface area (Å²) in [6.45, 7) is 2.55. The molecule has 1 amide bonds. The summed E-state index contributed by atoms with van der Waals surface area (Å²) in [7, 11) is 0. The fourth-order valence-corrected chi connectivity index (χ4v) is 1.27. The van der Waals surface area contributed by atoms with Gasteiger partial charge < -0.3 is 21.5 Å². The normalized spacial score (nSPS) is 10.2. The van der Waals surface area contributed by atoms with E-state index in [0.29, 0.717) is 19.8 Å². The van der Waals surface area contributed by atoms with E-state index in [1.165, 1.54) is 0 Å². The van der Waals surface area contributed by atoms with Crippen LogP contribution < -0.4 is 16.8 Å². The number of pyridine rings is 1. The number of primary amides is 1. The van der Waals surface area contributed by atoms with Crippen molar-refractivity contribution in [2.24, 2.45) is 11.5 Å². The third-order valence-electron chi connectivity index (χ3n) is 2.07. The second-order valence-electron chi connectivity index (χ2n) is 3.48. The molecule has 6 nitrogen and oxygen atoms in total. The smallest absolute Gasteiger partial charge is 0.267 e. The summed E-state index contributed by atoms with van der Waals surface area (Å²) < 4.78 is 5.23. The second-order valence-corrected chi connectivity index (χ2v) is 3.48. The summed E-state index contributed by atoms with van der Waals surface area (Å²) in [5.74, 6) is -0.528. The number of amides is 1. The summed E-state index contributed by atoms with van der Waals surface area (Å²) >= 11 is 0. The van der Waals surface area contributed by atoms with Gasteiger partial charge in [-0.05, 0) is 18.6 Å². The van der Waals surface area contributed by atoms with E-state index in [9.17, 15) is 4.79 Å². The zero-order valence-electron chi connectivity index (χ0n) is 9.69. The summed E-state index contributed by atoms with van der Waals surface area (Å²) in [5, 5.41) is 3.16. The molecule has 17 heavy (non-hydrogen) atoms. The van der Waals surface area contributed by atoms with Crippen LogP contribution in [0.5, 0.6) is 0 Å². The third-order valence-corrected chi connectivity index (χ3v) is 2.07. The Hall–Kier alpha value is -1.66. The van der Waals surface area contributed by atoms with Gasteiger partial charge in [-0.3, -0.25) is 9.78 Å². The lowest BCUT2D eigenvalue weighted by molar-refractivity contribution is 0.0995. The molecule has 1 heterocycles. The average molecular weight is 238 g/mol. The van der Waals surface area contributed by atoms with Crippen LogP contribution in [-0.4, -0.2) is 37.2 Å². The fourth-order valence-electron chi connectivity index (χ4n) is 1.27. The number of ether oxygens (including phenoxy) is 1. The lowest BCUT2D eigenvalue weighted by Crippen LogP contribution is -2.14. The van der Waals surface area contributed by atoms with Crippen LogP contribution in [0.25, 0.3) is 0 Å². The minimum absolute atomic E-state index is 0.259.